The van der Waals surface area contributed by atoms with Crippen LogP contribution in [0, 0.1) is 0 Å². The first-order valence-electron chi connectivity index (χ1n) is 24.9. The minimum Gasteiger partial charge on any atom is -0.507 e. The van der Waals surface area contributed by atoms with Crippen molar-refractivity contribution < 1.29 is 86.7 Å². The normalized spacial score (nSPS) is 44.9. The van der Waals surface area contributed by atoms with Gasteiger partial charge in [0.05, 0.1) is 59.5 Å². The zero-order valence-electron chi connectivity index (χ0n) is 40.6. The molecule has 3 aliphatic carbocycles. The lowest BCUT2D eigenvalue weighted by atomic mass is 9.57. The summed E-state index contributed by atoms with van der Waals surface area (Å²) in [6.45, 7) is 12.5. The number of ketones is 5. The lowest BCUT2D eigenvalue weighted by molar-refractivity contribution is -0.383. The Labute approximate surface area is 405 Å². The largest absolute Gasteiger partial charge is 0.507 e. The average Bonchev–Trinajstić information content (AvgIpc) is 3.29. The molecule has 18 atom stereocenters. The second kappa shape index (κ2) is 18.2. The summed E-state index contributed by atoms with van der Waals surface area (Å²) in [4.78, 5) is 68.0. The second-order valence-electron chi connectivity index (χ2n) is 21.0. The number of phenolic OH excluding ortho intramolecular Hbond substituents is 1. The van der Waals surface area contributed by atoms with Gasteiger partial charge >= 0.3 is 0 Å². The number of Topliss-reactive ketones (excluding diaryl/α,β-unsaturated/α-hetero) is 4. The Morgan fingerprint density at radius 2 is 1.49 bits per heavy atom. The van der Waals surface area contributed by atoms with Gasteiger partial charge in [-0.05, 0) is 85.1 Å². The van der Waals surface area contributed by atoms with Crippen molar-refractivity contribution in [3.8, 4) is 5.75 Å². The zero-order valence-corrected chi connectivity index (χ0v) is 40.6. The molecule has 1 saturated carbocycles. The SMILES string of the molecule is CCCC12CC(=O)C(C)OC1OC1C(C)OC(c3ccc4c(c3O)C(=O)C3=C(C4=O)C4(O)C(=O)CC(C)(OC5CCC(OC6CCC(OC7C=CC(=O)C(C)O7)C(C)O6)C(C)O5)CC4(O)C=C3)CC1O2. The maximum Gasteiger partial charge on any atom is 0.198 e. The van der Waals surface area contributed by atoms with E-state index in [4.69, 9.17) is 47.4 Å². The fraction of sp³-hybridized carbons (Fsp3) is 0.673. The van der Waals surface area contributed by atoms with Crippen LogP contribution in [-0.4, -0.2) is 147 Å². The average molecular weight is 977 g/mol. The van der Waals surface area contributed by atoms with Crippen LogP contribution in [0.1, 0.15) is 145 Å². The molecular weight excluding hydrogens is 913 g/mol. The molecule has 0 aromatic heterocycles. The highest BCUT2D eigenvalue weighted by atomic mass is 16.8. The van der Waals surface area contributed by atoms with E-state index in [-0.39, 0.29) is 71.4 Å². The molecule has 70 heavy (non-hydrogen) atoms. The number of aromatic hydroxyl groups is 1. The third-order valence-corrected chi connectivity index (χ3v) is 15.9. The van der Waals surface area contributed by atoms with E-state index in [1.54, 1.807) is 33.8 Å². The van der Waals surface area contributed by atoms with Crippen molar-refractivity contribution >= 4 is 28.9 Å². The summed E-state index contributed by atoms with van der Waals surface area (Å²) in [6, 6.07) is 2.83. The van der Waals surface area contributed by atoms with Crippen LogP contribution in [0.4, 0.5) is 0 Å². The van der Waals surface area contributed by atoms with Gasteiger partial charge in [0, 0.05) is 55.2 Å². The highest BCUT2D eigenvalue weighted by Gasteiger charge is 2.67. The Kier molecular flexibility index (Phi) is 12.9. The van der Waals surface area contributed by atoms with Gasteiger partial charge in [-0.15, -0.1) is 0 Å². The first-order chi connectivity index (χ1) is 33.2. The van der Waals surface area contributed by atoms with Crippen LogP contribution >= 0.6 is 0 Å². The van der Waals surface area contributed by atoms with Gasteiger partial charge in [-0.25, -0.2) is 0 Å². The third kappa shape index (κ3) is 8.33. The van der Waals surface area contributed by atoms with E-state index in [1.807, 2.05) is 20.8 Å². The van der Waals surface area contributed by atoms with Crippen molar-refractivity contribution in [2.45, 2.75) is 221 Å². The minimum absolute atomic E-state index is 0.0849. The number of allylic oxidation sites excluding steroid dienone is 2. The van der Waals surface area contributed by atoms with Gasteiger partial charge in [0.2, 0.25) is 0 Å². The number of hydrogen-bond acceptors (Lipinski definition) is 18. The molecule has 18 unspecified atom stereocenters. The molecule has 1 aromatic carbocycles. The molecule has 3 N–H and O–H groups in total. The van der Waals surface area contributed by atoms with E-state index < -0.39 is 125 Å². The van der Waals surface area contributed by atoms with Crippen molar-refractivity contribution in [2.75, 3.05) is 0 Å². The molecule has 6 heterocycles. The van der Waals surface area contributed by atoms with E-state index in [1.165, 1.54) is 24.3 Å². The number of aliphatic hydroxyl groups is 2. The van der Waals surface area contributed by atoms with Crippen LogP contribution in [0.3, 0.4) is 0 Å². The fourth-order valence-corrected chi connectivity index (χ4v) is 12.3. The number of rotatable bonds is 9. The Morgan fingerprint density at radius 3 is 2.20 bits per heavy atom. The summed E-state index contributed by atoms with van der Waals surface area (Å²) in [5.41, 5.74) is -8.78. The molecule has 0 amide bonds. The summed E-state index contributed by atoms with van der Waals surface area (Å²) in [5, 5.41) is 36.6. The van der Waals surface area contributed by atoms with Crippen molar-refractivity contribution in [1.82, 2.24) is 0 Å². The van der Waals surface area contributed by atoms with Gasteiger partial charge in [0.15, 0.2) is 59.7 Å². The number of hydrogen-bond donors (Lipinski definition) is 3. The molecule has 1 aromatic rings. The number of carbonyl (C=O) groups is 5. The number of phenols is 1. The quantitative estimate of drug-likeness (QED) is 0.301. The van der Waals surface area contributed by atoms with Crippen LogP contribution < -0.4 is 0 Å². The van der Waals surface area contributed by atoms with Crippen molar-refractivity contribution in [2.24, 2.45) is 0 Å². The summed E-state index contributed by atoms with van der Waals surface area (Å²) >= 11 is 0. The molecule has 10 rings (SSSR count). The zero-order chi connectivity index (χ0) is 49.8. The Balaban J connectivity index is 0.793. The van der Waals surface area contributed by atoms with Gasteiger partial charge in [-0.3, -0.25) is 24.0 Å². The molecule has 18 nitrogen and oxygen atoms in total. The second-order valence-corrected chi connectivity index (χ2v) is 21.0. The molecule has 6 fully saturated rings. The number of benzene rings is 1. The first-order valence-corrected chi connectivity index (χ1v) is 24.9. The number of fused-ring (bicyclic) bond motifs is 5. The molecule has 18 heteroatoms. The smallest absolute Gasteiger partial charge is 0.198 e. The van der Waals surface area contributed by atoms with Crippen molar-refractivity contribution in [1.29, 1.82) is 0 Å². The van der Waals surface area contributed by atoms with Crippen LogP contribution in [0.15, 0.2) is 47.6 Å². The van der Waals surface area contributed by atoms with Crippen molar-refractivity contribution in [3.63, 3.8) is 0 Å². The first kappa shape index (κ1) is 49.7. The van der Waals surface area contributed by atoms with Gasteiger partial charge in [0.25, 0.3) is 0 Å². The molecule has 9 aliphatic rings. The van der Waals surface area contributed by atoms with Crippen LogP contribution in [0.5, 0.6) is 5.75 Å². The molecule has 6 aliphatic heterocycles. The fourth-order valence-electron chi connectivity index (χ4n) is 12.3. The monoisotopic (exact) mass is 976 g/mol. The standard InChI is InChI=1S/C52H64O18/c1-8-18-50-21-33(54)25(3)65-48(50)68-47-28(6)61-36(20-37(47)69-50)29-9-10-30-42(44(29)56)45(57)31-17-19-51(59)23-49(7,22-38(55)52(51,60)43(31)46(30)58)70-41-16-13-35(27(5)64-41)67-40-15-12-34(26(4)63-40)66-39-14-11-32(53)24(2)62-39/h9-11,14,17,19,24-28,34-37,39-41,47-48,56,59-60H,8,12-13,15-16,18,20-23H2,1-7H3. The maximum atomic E-state index is 14.5. The third-order valence-electron chi connectivity index (χ3n) is 15.9. The summed E-state index contributed by atoms with van der Waals surface area (Å²) < 4.78 is 62.6. The van der Waals surface area contributed by atoms with Crippen LogP contribution in [0.25, 0.3) is 0 Å². The molecule has 380 valence electrons. The van der Waals surface area contributed by atoms with Gasteiger partial charge < -0.3 is 62.7 Å². The van der Waals surface area contributed by atoms with Gasteiger partial charge in [0.1, 0.15) is 35.3 Å². The van der Waals surface area contributed by atoms with E-state index in [9.17, 15) is 39.3 Å². The van der Waals surface area contributed by atoms with E-state index in [0.717, 1.165) is 6.08 Å². The predicted octanol–water partition coefficient (Wildman–Crippen LogP) is 4.81. The molecule has 0 spiro atoms. The lowest BCUT2D eigenvalue weighted by Gasteiger charge is -2.55. The Bertz CT molecular complexity index is 2430. The minimum atomic E-state index is -2.82. The lowest BCUT2D eigenvalue weighted by Crippen LogP contribution is -2.69. The van der Waals surface area contributed by atoms with E-state index in [2.05, 4.69) is 0 Å². The Morgan fingerprint density at radius 1 is 0.771 bits per heavy atom. The molecule has 5 saturated heterocycles. The summed E-state index contributed by atoms with van der Waals surface area (Å²) in [7, 11) is 0. The van der Waals surface area contributed by atoms with Crippen LogP contribution in [-0.2, 0) is 61.8 Å². The molecule has 0 radical (unpaired) electrons. The van der Waals surface area contributed by atoms with E-state index in [0.29, 0.717) is 38.5 Å². The van der Waals surface area contributed by atoms with E-state index >= 15 is 0 Å². The predicted molar refractivity (Wildman–Crippen MR) is 241 cm³/mol. The van der Waals surface area contributed by atoms with Gasteiger partial charge in [-0.2, -0.15) is 0 Å². The topological polar surface area (TPSA) is 238 Å². The highest BCUT2D eigenvalue weighted by molar-refractivity contribution is 6.32. The van der Waals surface area contributed by atoms with Crippen LogP contribution in [0.2, 0.25) is 0 Å². The summed E-state index contributed by atoms with van der Waals surface area (Å²) in [5.74, 6) is -3.32. The molecule has 0 bridgehead atoms. The van der Waals surface area contributed by atoms with Gasteiger partial charge in [-0.1, -0.05) is 25.5 Å². The summed E-state index contributed by atoms with van der Waals surface area (Å²) in [6.07, 6.45) is 0.514. The molecular formula is C52H64O18. The Hall–Kier alpha value is -3.89. The number of ether oxygens (including phenoxy) is 10. The maximum absolute atomic E-state index is 14.5. The number of carbonyl (C=O) groups excluding carboxylic acids is 5. The highest BCUT2D eigenvalue weighted by Crippen LogP contribution is 2.54. The van der Waals surface area contributed by atoms with Crippen molar-refractivity contribution in [3.05, 3.63) is 64.3 Å².